The Morgan fingerprint density at radius 3 is 2.83 bits per heavy atom. The first kappa shape index (κ1) is 22.2. The summed E-state index contributed by atoms with van der Waals surface area (Å²) >= 11 is 1.71. The van der Waals surface area contributed by atoms with Gasteiger partial charge in [-0.15, -0.1) is 16.4 Å². The third-order valence-electron chi connectivity index (χ3n) is 6.62. The lowest BCUT2D eigenvalue weighted by Crippen LogP contribution is -2.25. The number of hydrogen-bond donors (Lipinski definition) is 2. The Hall–Kier alpha value is -3.31. The predicted octanol–water partition coefficient (Wildman–Crippen LogP) is 4.09. The Morgan fingerprint density at radius 2 is 1.97 bits per heavy atom. The molecule has 1 aromatic carbocycles. The molecule has 35 heavy (non-hydrogen) atoms. The van der Waals surface area contributed by atoms with Crippen LogP contribution in [0.4, 0.5) is 22.0 Å². The van der Waals surface area contributed by atoms with Crippen molar-refractivity contribution in [3.8, 4) is 11.6 Å². The van der Waals surface area contributed by atoms with Gasteiger partial charge in [0.15, 0.2) is 17.4 Å². The average molecular weight is 495 g/mol. The van der Waals surface area contributed by atoms with Crippen molar-refractivity contribution in [3.05, 3.63) is 40.8 Å². The van der Waals surface area contributed by atoms with Gasteiger partial charge in [-0.2, -0.15) is 9.67 Å². The molecule has 6 rings (SSSR count). The molecule has 9 nitrogen and oxygen atoms in total. The Bertz CT molecular complexity index is 1360. The zero-order valence-corrected chi connectivity index (χ0v) is 20.2. The lowest BCUT2D eigenvalue weighted by Gasteiger charge is -2.15. The number of benzene rings is 1. The number of likely N-dealkylation sites (tertiary alicyclic amines) is 1. The fourth-order valence-electron chi connectivity index (χ4n) is 4.88. The van der Waals surface area contributed by atoms with E-state index in [0.717, 1.165) is 49.1 Å². The summed E-state index contributed by atoms with van der Waals surface area (Å²) in [4.78, 5) is 17.9. The fourth-order valence-corrected chi connectivity index (χ4v) is 6.11. The molecule has 0 unspecified atom stereocenters. The van der Waals surface area contributed by atoms with E-state index >= 15 is 0 Å². The number of nitrogens with two attached hydrogens (primary N) is 1. The molecule has 2 aliphatic rings. The van der Waals surface area contributed by atoms with Crippen LogP contribution in [0.15, 0.2) is 24.5 Å². The second-order valence-electron chi connectivity index (χ2n) is 8.96. The van der Waals surface area contributed by atoms with E-state index in [9.17, 15) is 4.39 Å². The first-order valence-corrected chi connectivity index (χ1v) is 12.9. The summed E-state index contributed by atoms with van der Waals surface area (Å²) in [6.07, 6.45) is 8.39. The van der Waals surface area contributed by atoms with Crippen molar-refractivity contribution in [1.82, 2.24) is 29.6 Å². The van der Waals surface area contributed by atoms with E-state index in [2.05, 4.69) is 30.3 Å². The summed E-state index contributed by atoms with van der Waals surface area (Å²) in [7, 11) is 0. The molecule has 1 saturated heterocycles. The van der Waals surface area contributed by atoms with Crippen molar-refractivity contribution in [3.63, 3.8) is 0 Å². The molecule has 1 aliphatic carbocycles. The zero-order valence-electron chi connectivity index (χ0n) is 19.3. The van der Waals surface area contributed by atoms with Crippen LogP contribution in [0.5, 0.6) is 5.75 Å². The predicted molar refractivity (Wildman–Crippen MR) is 134 cm³/mol. The minimum absolute atomic E-state index is 0.200. The summed E-state index contributed by atoms with van der Waals surface area (Å²) in [6.45, 7) is 3.45. The lowest BCUT2D eigenvalue weighted by molar-refractivity contribution is 0.231. The number of aromatic nitrogens is 5. The maximum absolute atomic E-state index is 14.6. The number of ether oxygens (including phenoxy) is 1. The van der Waals surface area contributed by atoms with Gasteiger partial charge in [-0.3, -0.25) is 4.90 Å². The number of nitrogens with one attached hydrogen (secondary N) is 1. The van der Waals surface area contributed by atoms with Crippen molar-refractivity contribution in [2.75, 3.05) is 37.3 Å². The number of thiophene rings is 1. The number of nitrogen functional groups attached to an aromatic ring is 1. The SMILES string of the molecule is Nc1nc(Nc2ccc(OCCN3CCCC3)c(F)c2)nn1-c1ncnc2sc3c(c12)CCCC3. The van der Waals surface area contributed by atoms with Gasteiger partial charge in [-0.05, 0) is 69.3 Å². The van der Waals surface area contributed by atoms with Crippen LogP contribution in [-0.2, 0) is 12.8 Å². The third-order valence-corrected chi connectivity index (χ3v) is 7.82. The molecule has 3 aromatic heterocycles. The number of nitrogens with zero attached hydrogens (tertiary/aromatic N) is 6. The molecule has 0 radical (unpaired) electrons. The monoisotopic (exact) mass is 494 g/mol. The maximum atomic E-state index is 14.6. The highest BCUT2D eigenvalue weighted by atomic mass is 32.1. The standard InChI is InChI=1S/C24H27FN8OS/c25-17-13-15(7-8-18(17)34-12-11-32-9-3-4-10-32)29-24-30-23(26)33(31-24)21-20-16-5-1-2-6-19(16)35-22(20)28-14-27-21/h7-8,13-14H,1-6,9-12H2,(H3,26,29,30,31). The smallest absolute Gasteiger partial charge is 0.248 e. The van der Waals surface area contributed by atoms with E-state index < -0.39 is 5.82 Å². The maximum Gasteiger partial charge on any atom is 0.248 e. The van der Waals surface area contributed by atoms with Gasteiger partial charge in [0.05, 0.1) is 5.39 Å². The minimum atomic E-state index is -0.439. The zero-order chi connectivity index (χ0) is 23.8. The van der Waals surface area contributed by atoms with Crippen molar-refractivity contribution in [2.24, 2.45) is 0 Å². The van der Waals surface area contributed by atoms with Crippen molar-refractivity contribution in [1.29, 1.82) is 0 Å². The largest absolute Gasteiger partial charge is 0.489 e. The molecule has 0 saturated carbocycles. The highest BCUT2D eigenvalue weighted by molar-refractivity contribution is 7.18. The van der Waals surface area contributed by atoms with Gasteiger partial charge in [-0.25, -0.2) is 14.4 Å². The van der Waals surface area contributed by atoms with E-state index in [1.54, 1.807) is 23.5 Å². The molecule has 11 heteroatoms. The number of anilines is 3. The molecule has 0 amide bonds. The molecule has 3 N–H and O–H groups in total. The number of aryl methyl sites for hydroxylation is 2. The molecule has 1 fully saturated rings. The number of rotatable bonds is 7. The van der Waals surface area contributed by atoms with Gasteiger partial charge < -0.3 is 15.8 Å². The summed E-state index contributed by atoms with van der Waals surface area (Å²) in [5, 5.41) is 8.56. The Balaban J connectivity index is 1.20. The van der Waals surface area contributed by atoms with Crippen LogP contribution < -0.4 is 15.8 Å². The van der Waals surface area contributed by atoms with Crippen molar-refractivity contribution >= 4 is 39.1 Å². The normalized spacial score (nSPS) is 16.0. The average Bonchev–Trinajstić information content (AvgIpc) is 3.59. The summed E-state index contributed by atoms with van der Waals surface area (Å²) in [6, 6.07) is 4.73. The Labute approximate surface area is 206 Å². The van der Waals surface area contributed by atoms with Crippen LogP contribution in [-0.4, -0.2) is 55.9 Å². The van der Waals surface area contributed by atoms with Crippen molar-refractivity contribution < 1.29 is 9.13 Å². The van der Waals surface area contributed by atoms with E-state index in [4.69, 9.17) is 10.5 Å². The summed E-state index contributed by atoms with van der Waals surface area (Å²) in [5.41, 5.74) is 8.01. The van der Waals surface area contributed by atoms with Crippen molar-refractivity contribution in [2.45, 2.75) is 38.5 Å². The molecular formula is C24H27FN8OS. The van der Waals surface area contributed by atoms with Gasteiger partial charge in [-0.1, -0.05) is 0 Å². The molecule has 4 aromatic rings. The molecule has 4 heterocycles. The minimum Gasteiger partial charge on any atom is -0.489 e. The lowest BCUT2D eigenvalue weighted by atomic mass is 9.97. The van der Waals surface area contributed by atoms with Gasteiger partial charge in [0.2, 0.25) is 11.9 Å². The highest BCUT2D eigenvalue weighted by Gasteiger charge is 2.22. The van der Waals surface area contributed by atoms with Crippen LogP contribution in [0.3, 0.4) is 0 Å². The van der Waals surface area contributed by atoms with E-state index in [1.807, 2.05) is 0 Å². The number of halogens is 1. The first-order chi connectivity index (χ1) is 17.2. The Kier molecular flexibility index (Phi) is 5.95. The van der Waals surface area contributed by atoms with Gasteiger partial charge in [0, 0.05) is 23.2 Å². The van der Waals surface area contributed by atoms with E-state index in [-0.39, 0.29) is 17.6 Å². The molecular weight excluding hydrogens is 467 g/mol. The second kappa shape index (κ2) is 9.38. The van der Waals surface area contributed by atoms with Gasteiger partial charge >= 0.3 is 0 Å². The number of fused-ring (bicyclic) bond motifs is 3. The molecule has 1 aliphatic heterocycles. The highest BCUT2D eigenvalue weighted by Crippen LogP contribution is 2.38. The van der Waals surface area contributed by atoms with Crippen LogP contribution in [0.2, 0.25) is 0 Å². The molecule has 0 atom stereocenters. The third kappa shape index (κ3) is 4.41. The fraction of sp³-hybridized carbons (Fsp3) is 0.417. The molecule has 182 valence electrons. The summed E-state index contributed by atoms with van der Waals surface area (Å²) in [5.74, 6) is 0.885. The summed E-state index contributed by atoms with van der Waals surface area (Å²) < 4.78 is 21.8. The van der Waals surface area contributed by atoms with Crippen LogP contribution in [0.1, 0.15) is 36.1 Å². The first-order valence-electron chi connectivity index (χ1n) is 12.1. The number of hydrogen-bond acceptors (Lipinski definition) is 9. The molecule has 0 spiro atoms. The van der Waals surface area contributed by atoms with Crippen LogP contribution in [0, 0.1) is 5.82 Å². The van der Waals surface area contributed by atoms with E-state index in [1.165, 1.54) is 46.8 Å². The van der Waals surface area contributed by atoms with Crippen LogP contribution in [0.25, 0.3) is 16.0 Å². The Morgan fingerprint density at radius 1 is 1.11 bits per heavy atom. The van der Waals surface area contributed by atoms with Crippen LogP contribution >= 0.6 is 11.3 Å². The topological polar surface area (TPSA) is 107 Å². The van der Waals surface area contributed by atoms with Gasteiger partial charge in [0.1, 0.15) is 17.8 Å². The quantitative estimate of drug-likeness (QED) is 0.396. The van der Waals surface area contributed by atoms with E-state index in [0.29, 0.717) is 18.1 Å². The molecule has 0 bridgehead atoms. The second-order valence-corrected chi connectivity index (χ2v) is 10.0. The van der Waals surface area contributed by atoms with Gasteiger partial charge in [0.25, 0.3) is 0 Å².